The Morgan fingerprint density at radius 1 is 1.00 bits per heavy atom. The number of anilines is 1. The molecule has 0 fully saturated rings. The quantitative estimate of drug-likeness (QED) is 0.775. The molecule has 1 aromatic heterocycles. The van der Waals surface area contributed by atoms with E-state index in [9.17, 15) is 9.18 Å². The minimum atomic E-state index is -0.646. The number of aromatic nitrogens is 1. The van der Waals surface area contributed by atoms with Gasteiger partial charge in [-0.1, -0.05) is 18.2 Å². The molecule has 1 aliphatic heterocycles. The molecule has 0 radical (unpaired) electrons. The Hall–Kier alpha value is -3.01. The van der Waals surface area contributed by atoms with Crippen LogP contribution in [0.5, 0.6) is 0 Å². The summed E-state index contributed by atoms with van der Waals surface area (Å²) < 4.78 is 13.2. The van der Waals surface area contributed by atoms with Gasteiger partial charge in [0.15, 0.2) is 0 Å². The Balaban J connectivity index is 1.76. The number of nitrogens with one attached hydrogen (secondary N) is 1. The molecule has 0 aliphatic carbocycles. The average Bonchev–Trinajstić information content (AvgIpc) is 2.87. The van der Waals surface area contributed by atoms with Crippen molar-refractivity contribution in [3.05, 3.63) is 83.9 Å². The van der Waals surface area contributed by atoms with Crippen LogP contribution >= 0.6 is 0 Å². The van der Waals surface area contributed by atoms with Crippen molar-refractivity contribution in [2.24, 2.45) is 0 Å². The van der Waals surface area contributed by atoms with Crippen LogP contribution in [0.25, 0.3) is 11.1 Å². The highest BCUT2D eigenvalue weighted by Crippen LogP contribution is 2.42. The normalized spacial score (nSPS) is 18.7. The molecule has 0 saturated heterocycles. The second-order valence-electron chi connectivity index (χ2n) is 6.59. The van der Waals surface area contributed by atoms with Crippen molar-refractivity contribution in [3.63, 3.8) is 0 Å². The van der Waals surface area contributed by atoms with Crippen molar-refractivity contribution in [2.75, 3.05) is 5.32 Å². The van der Waals surface area contributed by atoms with Gasteiger partial charge in [0, 0.05) is 18.1 Å². The summed E-state index contributed by atoms with van der Waals surface area (Å²) in [6, 6.07) is 16.2. The molecule has 3 aromatic rings. The fourth-order valence-corrected chi connectivity index (χ4v) is 3.40. The lowest BCUT2D eigenvalue weighted by atomic mass is 9.78. The van der Waals surface area contributed by atoms with Crippen molar-refractivity contribution in [1.29, 1.82) is 0 Å². The molecule has 2 aromatic carbocycles. The van der Waals surface area contributed by atoms with Gasteiger partial charge in [-0.15, -0.1) is 0 Å². The SMILES string of the molecule is CC1(Cc2ccncc2)C(=O)Nc2ccc(-c3ccc(F)cc3)cc21. The Labute approximate surface area is 145 Å². The van der Waals surface area contributed by atoms with E-state index in [0.717, 1.165) is 27.9 Å². The van der Waals surface area contributed by atoms with Crippen molar-refractivity contribution in [1.82, 2.24) is 4.98 Å². The Morgan fingerprint density at radius 2 is 1.68 bits per heavy atom. The van der Waals surface area contributed by atoms with Crippen LogP contribution in [0, 0.1) is 5.82 Å². The van der Waals surface area contributed by atoms with Gasteiger partial charge >= 0.3 is 0 Å². The van der Waals surface area contributed by atoms with Crippen LogP contribution in [-0.2, 0) is 16.6 Å². The zero-order valence-electron chi connectivity index (χ0n) is 13.8. The maximum atomic E-state index is 13.2. The highest BCUT2D eigenvalue weighted by Gasteiger charge is 2.42. The van der Waals surface area contributed by atoms with Crippen LogP contribution in [0.1, 0.15) is 18.1 Å². The minimum Gasteiger partial charge on any atom is -0.325 e. The number of hydrogen-bond acceptors (Lipinski definition) is 2. The summed E-state index contributed by atoms with van der Waals surface area (Å²) in [7, 11) is 0. The lowest BCUT2D eigenvalue weighted by Crippen LogP contribution is -2.33. The third-order valence-corrected chi connectivity index (χ3v) is 4.85. The van der Waals surface area contributed by atoms with Crippen LogP contribution in [-0.4, -0.2) is 10.9 Å². The molecule has 1 atom stereocenters. The second-order valence-corrected chi connectivity index (χ2v) is 6.59. The van der Waals surface area contributed by atoms with Crippen molar-refractivity contribution < 1.29 is 9.18 Å². The van der Waals surface area contributed by atoms with E-state index in [1.807, 2.05) is 37.3 Å². The first kappa shape index (κ1) is 15.5. The van der Waals surface area contributed by atoms with Gasteiger partial charge in [0.25, 0.3) is 0 Å². The van der Waals surface area contributed by atoms with Gasteiger partial charge in [-0.25, -0.2) is 4.39 Å². The largest absolute Gasteiger partial charge is 0.325 e. The maximum absolute atomic E-state index is 13.2. The maximum Gasteiger partial charge on any atom is 0.235 e. The Bertz CT molecular complexity index is 938. The summed E-state index contributed by atoms with van der Waals surface area (Å²) in [6.45, 7) is 1.96. The molecule has 124 valence electrons. The van der Waals surface area contributed by atoms with E-state index in [2.05, 4.69) is 10.3 Å². The van der Waals surface area contributed by atoms with Gasteiger partial charge in [-0.3, -0.25) is 9.78 Å². The number of carbonyl (C=O) groups excluding carboxylic acids is 1. The number of fused-ring (bicyclic) bond motifs is 1. The topological polar surface area (TPSA) is 42.0 Å². The van der Waals surface area contributed by atoms with Gasteiger partial charge in [0.2, 0.25) is 5.91 Å². The van der Waals surface area contributed by atoms with Gasteiger partial charge in [-0.05, 0) is 72.0 Å². The monoisotopic (exact) mass is 332 g/mol. The third kappa shape index (κ3) is 2.70. The van der Waals surface area contributed by atoms with E-state index in [-0.39, 0.29) is 11.7 Å². The van der Waals surface area contributed by atoms with Crippen molar-refractivity contribution >= 4 is 11.6 Å². The number of carbonyl (C=O) groups is 1. The molecule has 1 unspecified atom stereocenters. The molecule has 0 saturated carbocycles. The van der Waals surface area contributed by atoms with E-state index >= 15 is 0 Å². The Kier molecular flexibility index (Phi) is 3.61. The van der Waals surface area contributed by atoms with Crippen LogP contribution in [0.2, 0.25) is 0 Å². The smallest absolute Gasteiger partial charge is 0.235 e. The molecular weight excluding hydrogens is 315 g/mol. The van der Waals surface area contributed by atoms with Crippen molar-refractivity contribution in [2.45, 2.75) is 18.8 Å². The molecule has 2 heterocycles. The first-order valence-corrected chi connectivity index (χ1v) is 8.17. The molecule has 25 heavy (non-hydrogen) atoms. The van der Waals surface area contributed by atoms with Gasteiger partial charge in [0.05, 0.1) is 5.41 Å². The number of pyridine rings is 1. The lowest BCUT2D eigenvalue weighted by Gasteiger charge is -2.22. The fourth-order valence-electron chi connectivity index (χ4n) is 3.40. The van der Waals surface area contributed by atoms with Crippen LogP contribution in [0.4, 0.5) is 10.1 Å². The van der Waals surface area contributed by atoms with Gasteiger partial charge < -0.3 is 5.32 Å². The molecule has 1 aliphatic rings. The van der Waals surface area contributed by atoms with Crippen molar-refractivity contribution in [3.8, 4) is 11.1 Å². The van der Waals surface area contributed by atoms with E-state index < -0.39 is 5.41 Å². The average molecular weight is 332 g/mol. The predicted molar refractivity (Wildman–Crippen MR) is 95.8 cm³/mol. The fraction of sp³-hybridized carbons (Fsp3) is 0.143. The summed E-state index contributed by atoms with van der Waals surface area (Å²) in [6.07, 6.45) is 4.07. The first-order valence-electron chi connectivity index (χ1n) is 8.17. The lowest BCUT2D eigenvalue weighted by molar-refractivity contribution is -0.120. The standard InChI is InChI=1S/C21H17FN2O/c1-21(13-14-8-10-23-11-9-14)18-12-16(4-7-19(18)24-20(21)25)15-2-5-17(22)6-3-15/h2-12H,13H2,1H3,(H,24,25). The summed E-state index contributed by atoms with van der Waals surface area (Å²) in [5, 5.41) is 2.98. The minimum absolute atomic E-state index is 0.00410. The molecule has 1 amide bonds. The Morgan fingerprint density at radius 3 is 2.40 bits per heavy atom. The highest BCUT2D eigenvalue weighted by molar-refractivity contribution is 6.06. The molecule has 0 spiro atoms. The van der Waals surface area contributed by atoms with Gasteiger partial charge in [-0.2, -0.15) is 0 Å². The third-order valence-electron chi connectivity index (χ3n) is 4.85. The van der Waals surface area contributed by atoms with E-state index in [0.29, 0.717) is 6.42 Å². The molecular formula is C21H17FN2O. The van der Waals surface area contributed by atoms with Crippen LogP contribution in [0.3, 0.4) is 0 Å². The number of benzene rings is 2. The molecule has 0 bridgehead atoms. The molecule has 4 rings (SSSR count). The zero-order valence-corrected chi connectivity index (χ0v) is 13.8. The molecule has 4 heteroatoms. The van der Waals surface area contributed by atoms with E-state index in [1.165, 1.54) is 12.1 Å². The van der Waals surface area contributed by atoms with E-state index in [1.54, 1.807) is 24.5 Å². The number of amides is 1. The number of rotatable bonds is 3. The van der Waals surface area contributed by atoms with Gasteiger partial charge in [0.1, 0.15) is 5.82 Å². The number of nitrogens with zero attached hydrogens (tertiary/aromatic N) is 1. The zero-order chi connectivity index (χ0) is 17.4. The summed E-state index contributed by atoms with van der Waals surface area (Å²) in [5.74, 6) is -0.264. The number of halogens is 1. The van der Waals surface area contributed by atoms with Crippen LogP contribution in [0.15, 0.2) is 67.0 Å². The predicted octanol–water partition coefficient (Wildman–Crippen LogP) is 4.34. The van der Waals surface area contributed by atoms with Crippen LogP contribution < -0.4 is 5.32 Å². The summed E-state index contributed by atoms with van der Waals surface area (Å²) >= 11 is 0. The number of hydrogen-bond donors (Lipinski definition) is 1. The first-order chi connectivity index (χ1) is 12.1. The molecule has 3 nitrogen and oxygen atoms in total. The summed E-state index contributed by atoms with van der Waals surface area (Å²) in [4.78, 5) is 16.7. The molecule has 1 N–H and O–H groups in total. The summed E-state index contributed by atoms with van der Waals surface area (Å²) in [5.41, 5.74) is 4.12. The highest BCUT2D eigenvalue weighted by atomic mass is 19.1. The second kappa shape index (κ2) is 5.81. The van der Waals surface area contributed by atoms with E-state index in [4.69, 9.17) is 0 Å².